The van der Waals surface area contributed by atoms with Crippen molar-refractivity contribution in [1.29, 1.82) is 0 Å². The quantitative estimate of drug-likeness (QED) is 0.642. The van der Waals surface area contributed by atoms with Gasteiger partial charge in [0.15, 0.2) is 0 Å². The third-order valence-corrected chi connectivity index (χ3v) is 3.18. The fraction of sp³-hybridized carbons (Fsp3) is 0.357. The highest BCUT2D eigenvalue weighted by molar-refractivity contribution is 5.96. The largest absolute Gasteiger partial charge is 0.389 e. The average Bonchev–Trinajstić information content (AvgIpc) is 2.45. The summed E-state index contributed by atoms with van der Waals surface area (Å²) in [6.07, 6.45) is 0.894. The Kier molecular flexibility index (Phi) is 4.66. The van der Waals surface area contributed by atoms with Gasteiger partial charge in [-0.1, -0.05) is 12.1 Å². The van der Waals surface area contributed by atoms with E-state index in [1.54, 1.807) is 18.2 Å². The van der Waals surface area contributed by atoms with E-state index in [0.29, 0.717) is 17.4 Å². The number of likely N-dealkylation sites (N-methyl/N-ethyl adjacent to an activating group) is 1. The van der Waals surface area contributed by atoms with Crippen molar-refractivity contribution in [3.05, 3.63) is 40.6 Å². The van der Waals surface area contributed by atoms with Gasteiger partial charge in [0, 0.05) is 44.0 Å². The van der Waals surface area contributed by atoms with E-state index < -0.39 is 11.0 Å². The number of ether oxygens (including phenoxy) is 1. The first-order valence-corrected chi connectivity index (χ1v) is 6.45. The molecule has 1 aromatic carbocycles. The molecule has 0 radical (unpaired) electrons. The monoisotopic (exact) mass is 291 g/mol. The summed E-state index contributed by atoms with van der Waals surface area (Å²) in [6.45, 7) is 0.586. The molecule has 21 heavy (non-hydrogen) atoms. The van der Waals surface area contributed by atoms with Crippen LogP contribution < -0.4 is 4.90 Å². The smallest absolute Gasteiger partial charge is 0.295 e. The van der Waals surface area contributed by atoms with Crippen LogP contribution in [0.25, 0.3) is 10.9 Å². The lowest BCUT2D eigenvalue weighted by molar-refractivity contribution is -0.383. The maximum Gasteiger partial charge on any atom is 0.295 e. The van der Waals surface area contributed by atoms with Gasteiger partial charge in [-0.2, -0.15) is 0 Å². The molecule has 2 aromatic rings. The summed E-state index contributed by atoms with van der Waals surface area (Å²) < 4.78 is 4.90. The van der Waals surface area contributed by atoms with Gasteiger partial charge in [0.05, 0.1) is 17.6 Å². The van der Waals surface area contributed by atoms with Gasteiger partial charge in [-0.3, -0.25) is 10.1 Å². The van der Waals surface area contributed by atoms with E-state index in [-0.39, 0.29) is 12.3 Å². The Morgan fingerprint density at radius 1 is 1.48 bits per heavy atom. The minimum absolute atomic E-state index is 0.0276. The zero-order valence-electron chi connectivity index (χ0n) is 11.9. The lowest BCUT2D eigenvalue weighted by Gasteiger charge is -2.23. The summed E-state index contributed by atoms with van der Waals surface area (Å²) in [5.74, 6) is 0. The molecule has 0 aliphatic carbocycles. The molecule has 0 amide bonds. The first-order valence-electron chi connectivity index (χ1n) is 6.45. The van der Waals surface area contributed by atoms with E-state index in [4.69, 9.17) is 4.74 Å². The number of nitro groups is 1. The second-order valence-corrected chi connectivity index (χ2v) is 4.75. The molecule has 1 atom stereocenters. The Balaban J connectivity index is 2.41. The first kappa shape index (κ1) is 15.1. The average molecular weight is 291 g/mol. The second kappa shape index (κ2) is 6.47. The van der Waals surface area contributed by atoms with Crippen LogP contribution in [0.4, 0.5) is 11.4 Å². The molecule has 0 saturated heterocycles. The Hall–Kier alpha value is -2.25. The predicted molar refractivity (Wildman–Crippen MR) is 79.6 cm³/mol. The number of para-hydroxylation sites is 1. The number of aliphatic hydroxyl groups is 1. The van der Waals surface area contributed by atoms with Gasteiger partial charge in [-0.25, -0.2) is 4.98 Å². The summed E-state index contributed by atoms with van der Waals surface area (Å²) in [4.78, 5) is 16.5. The lowest BCUT2D eigenvalue weighted by atomic mass is 10.1. The number of aromatic nitrogens is 1. The number of nitrogens with zero attached hydrogens (tertiary/aromatic N) is 3. The Labute approximate surface area is 121 Å². The van der Waals surface area contributed by atoms with E-state index >= 15 is 0 Å². The number of aliphatic hydroxyl groups excluding tert-OH is 1. The highest BCUT2D eigenvalue weighted by atomic mass is 16.6. The van der Waals surface area contributed by atoms with Crippen LogP contribution in [-0.4, -0.2) is 48.4 Å². The van der Waals surface area contributed by atoms with E-state index in [1.807, 2.05) is 11.9 Å². The Bertz CT molecular complexity index is 647. The number of pyridine rings is 1. The molecule has 7 heteroatoms. The SMILES string of the molecule is COCC(O)CN(C)c1ccnc2c([N+](=O)[O-])cccc12. The van der Waals surface area contributed by atoms with Crippen LogP contribution in [0.15, 0.2) is 30.5 Å². The maximum absolute atomic E-state index is 11.1. The summed E-state index contributed by atoms with van der Waals surface area (Å²) in [6, 6.07) is 6.61. The number of nitro benzene ring substituents is 1. The van der Waals surface area contributed by atoms with Gasteiger partial charge in [-0.05, 0) is 6.07 Å². The van der Waals surface area contributed by atoms with Gasteiger partial charge in [-0.15, -0.1) is 0 Å². The van der Waals surface area contributed by atoms with Gasteiger partial charge in [0.2, 0.25) is 0 Å². The van der Waals surface area contributed by atoms with Crippen LogP contribution in [-0.2, 0) is 4.74 Å². The number of rotatable bonds is 6. The van der Waals surface area contributed by atoms with Gasteiger partial charge < -0.3 is 14.7 Å². The molecule has 0 spiro atoms. The molecule has 0 aliphatic heterocycles. The van der Waals surface area contributed by atoms with Gasteiger partial charge >= 0.3 is 0 Å². The molecule has 1 heterocycles. The van der Waals surface area contributed by atoms with Crippen LogP contribution in [0, 0.1) is 10.1 Å². The molecule has 2 rings (SSSR count). The van der Waals surface area contributed by atoms with E-state index in [9.17, 15) is 15.2 Å². The highest BCUT2D eigenvalue weighted by Crippen LogP contribution is 2.30. The van der Waals surface area contributed by atoms with Gasteiger partial charge in [0.1, 0.15) is 5.52 Å². The van der Waals surface area contributed by atoms with Crippen molar-refractivity contribution in [1.82, 2.24) is 4.98 Å². The van der Waals surface area contributed by atoms with Crippen LogP contribution >= 0.6 is 0 Å². The molecule has 7 nitrogen and oxygen atoms in total. The van der Waals surface area contributed by atoms with Crippen molar-refractivity contribution in [3.63, 3.8) is 0 Å². The van der Waals surface area contributed by atoms with Crippen LogP contribution in [0.5, 0.6) is 0 Å². The normalized spacial score (nSPS) is 12.3. The summed E-state index contributed by atoms with van der Waals surface area (Å²) in [5.41, 5.74) is 1.09. The molecule has 1 unspecified atom stereocenters. The summed E-state index contributed by atoms with van der Waals surface area (Å²) in [5, 5.41) is 21.5. The van der Waals surface area contributed by atoms with Crippen LogP contribution in [0.2, 0.25) is 0 Å². The standard InChI is InChI=1S/C14H17N3O4/c1-16(8-10(18)9-21-2)12-6-7-15-14-11(12)4-3-5-13(14)17(19)20/h3-7,10,18H,8-9H2,1-2H3. The Morgan fingerprint density at radius 3 is 2.90 bits per heavy atom. The molecular weight excluding hydrogens is 274 g/mol. The van der Waals surface area contributed by atoms with Gasteiger partial charge in [0.25, 0.3) is 5.69 Å². The first-order chi connectivity index (χ1) is 10.0. The molecule has 0 fully saturated rings. The highest BCUT2D eigenvalue weighted by Gasteiger charge is 2.17. The zero-order valence-corrected chi connectivity index (χ0v) is 11.9. The third kappa shape index (κ3) is 3.26. The van der Waals surface area contributed by atoms with Crippen molar-refractivity contribution >= 4 is 22.3 Å². The minimum atomic E-state index is -0.637. The molecule has 0 aliphatic rings. The lowest BCUT2D eigenvalue weighted by Crippen LogP contribution is -2.32. The number of hydrogen-bond acceptors (Lipinski definition) is 6. The third-order valence-electron chi connectivity index (χ3n) is 3.18. The second-order valence-electron chi connectivity index (χ2n) is 4.75. The molecule has 1 N–H and O–H groups in total. The maximum atomic E-state index is 11.1. The molecule has 0 saturated carbocycles. The number of non-ortho nitro benzene ring substituents is 1. The van der Waals surface area contributed by atoms with Crippen molar-refractivity contribution in [2.24, 2.45) is 0 Å². The van der Waals surface area contributed by atoms with Crippen molar-refractivity contribution in [2.75, 3.05) is 32.2 Å². The topological polar surface area (TPSA) is 88.7 Å². The molecular formula is C14H17N3O4. The number of methoxy groups -OCH3 is 1. The van der Waals surface area contributed by atoms with Crippen LogP contribution in [0.3, 0.4) is 0 Å². The van der Waals surface area contributed by atoms with Crippen molar-refractivity contribution in [2.45, 2.75) is 6.10 Å². The fourth-order valence-corrected chi connectivity index (χ4v) is 2.29. The van der Waals surface area contributed by atoms with Crippen LogP contribution in [0.1, 0.15) is 0 Å². The van der Waals surface area contributed by atoms with Crippen molar-refractivity contribution < 1.29 is 14.8 Å². The number of anilines is 1. The van der Waals surface area contributed by atoms with Crippen molar-refractivity contribution in [3.8, 4) is 0 Å². The summed E-state index contributed by atoms with van der Waals surface area (Å²) in [7, 11) is 3.33. The predicted octanol–water partition coefficient (Wildman–Crippen LogP) is 1.59. The van der Waals surface area contributed by atoms with E-state index in [1.165, 1.54) is 19.4 Å². The number of benzene rings is 1. The summed E-state index contributed by atoms with van der Waals surface area (Å²) >= 11 is 0. The van der Waals surface area contributed by atoms with E-state index in [0.717, 1.165) is 5.69 Å². The minimum Gasteiger partial charge on any atom is -0.389 e. The number of fused-ring (bicyclic) bond motifs is 1. The molecule has 1 aromatic heterocycles. The zero-order chi connectivity index (χ0) is 15.4. The van der Waals surface area contributed by atoms with E-state index in [2.05, 4.69) is 4.98 Å². The Morgan fingerprint density at radius 2 is 2.24 bits per heavy atom. The fourth-order valence-electron chi connectivity index (χ4n) is 2.29. The molecule has 112 valence electrons. The number of hydrogen-bond donors (Lipinski definition) is 1. The molecule has 0 bridgehead atoms.